The second-order valence-electron chi connectivity index (χ2n) is 5.92. The van der Waals surface area contributed by atoms with Gasteiger partial charge in [0.1, 0.15) is 0 Å². The largest absolute Gasteiger partial charge is 0.427 e. The first-order valence-corrected chi connectivity index (χ1v) is 12.5. The molecule has 1 aliphatic rings. The minimum absolute atomic E-state index is 1.08. The highest BCUT2D eigenvalue weighted by atomic mass is 28.4. The molecule has 0 N–H and O–H groups in total. The van der Waals surface area contributed by atoms with Crippen LogP contribution in [0.3, 0.4) is 0 Å². The zero-order chi connectivity index (χ0) is 15.8. The van der Waals surface area contributed by atoms with Crippen LogP contribution < -0.4 is 0 Å². The van der Waals surface area contributed by atoms with Crippen molar-refractivity contribution in [1.29, 1.82) is 0 Å². The Kier molecular flexibility index (Phi) is 8.62. The standard InChI is InChI=1S/C14H33NO4Si2/c1-16-20(5,17-2)13-9-7-6-8-11-15-12-10-14-21(15,18-3)19-4/h6-14H2,1-5H3. The third kappa shape index (κ3) is 5.42. The number of unbranched alkanes of at least 4 members (excludes halogenated alkanes) is 3. The van der Waals surface area contributed by atoms with Crippen LogP contribution in [0.4, 0.5) is 0 Å². The van der Waals surface area contributed by atoms with Gasteiger partial charge in [0, 0.05) is 34.5 Å². The molecule has 1 rings (SSSR count). The highest BCUT2D eigenvalue weighted by Gasteiger charge is 2.46. The lowest BCUT2D eigenvalue weighted by atomic mass is 10.2. The number of rotatable bonds is 11. The van der Waals surface area contributed by atoms with Crippen molar-refractivity contribution in [1.82, 2.24) is 4.57 Å². The van der Waals surface area contributed by atoms with Crippen LogP contribution in [-0.2, 0) is 17.7 Å². The lowest BCUT2D eigenvalue weighted by molar-refractivity contribution is 0.181. The summed E-state index contributed by atoms with van der Waals surface area (Å²) in [6, 6.07) is 2.18. The molecule has 0 aliphatic carbocycles. The highest BCUT2D eigenvalue weighted by Crippen LogP contribution is 2.27. The Bertz CT molecular complexity index is 286. The molecule has 5 nitrogen and oxygen atoms in total. The summed E-state index contributed by atoms with van der Waals surface area (Å²) in [4.78, 5) is 0. The molecular weight excluding hydrogens is 302 g/mol. The van der Waals surface area contributed by atoms with Gasteiger partial charge in [0.15, 0.2) is 0 Å². The molecule has 1 aliphatic heterocycles. The molecule has 1 fully saturated rings. The van der Waals surface area contributed by atoms with Crippen molar-refractivity contribution in [3.05, 3.63) is 0 Å². The van der Waals surface area contributed by atoms with Crippen molar-refractivity contribution in [2.45, 2.75) is 50.7 Å². The smallest absolute Gasteiger partial charge is 0.398 e. The first-order valence-electron chi connectivity index (χ1n) is 8.01. The van der Waals surface area contributed by atoms with Crippen molar-refractivity contribution >= 4 is 17.3 Å². The van der Waals surface area contributed by atoms with Crippen LogP contribution in [0.15, 0.2) is 0 Å². The Labute approximate surface area is 132 Å². The van der Waals surface area contributed by atoms with E-state index in [1.807, 2.05) is 0 Å². The molecule has 126 valence electrons. The highest BCUT2D eigenvalue weighted by molar-refractivity contribution is 6.66. The molecule has 0 aromatic carbocycles. The average Bonchev–Trinajstić information content (AvgIpc) is 2.93. The Hall–Kier alpha value is 0.234. The molecule has 0 spiro atoms. The third-order valence-corrected chi connectivity index (χ3v) is 11.4. The summed E-state index contributed by atoms with van der Waals surface area (Å²) in [5.41, 5.74) is 0. The summed E-state index contributed by atoms with van der Waals surface area (Å²) < 4.78 is 24.9. The molecule has 0 aromatic heterocycles. The fourth-order valence-corrected chi connectivity index (χ4v) is 7.52. The summed E-state index contributed by atoms with van der Waals surface area (Å²) in [7, 11) is 3.25. The van der Waals surface area contributed by atoms with E-state index in [4.69, 9.17) is 17.7 Å². The average molecular weight is 336 g/mol. The maximum absolute atomic E-state index is 5.73. The number of hydrogen-bond acceptors (Lipinski definition) is 5. The summed E-state index contributed by atoms with van der Waals surface area (Å²) in [6.45, 7) is 4.37. The predicted octanol–water partition coefficient (Wildman–Crippen LogP) is 2.85. The summed E-state index contributed by atoms with van der Waals surface area (Å²) in [5.74, 6) is 0. The monoisotopic (exact) mass is 335 g/mol. The van der Waals surface area contributed by atoms with Crippen LogP contribution in [0.25, 0.3) is 0 Å². The molecule has 21 heavy (non-hydrogen) atoms. The molecule has 1 saturated heterocycles. The lowest BCUT2D eigenvalue weighted by Crippen LogP contribution is -2.53. The second kappa shape index (κ2) is 9.39. The summed E-state index contributed by atoms with van der Waals surface area (Å²) in [6.07, 6.45) is 6.13. The Morgan fingerprint density at radius 2 is 1.57 bits per heavy atom. The molecule has 0 atom stereocenters. The van der Waals surface area contributed by atoms with Gasteiger partial charge >= 0.3 is 17.3 Å². The van der Waals surface area contributed by atoms with Gasteiger partial charge in [-0.1, -0.05) is 19.3 Å². The van der Waals surface area contributed by atoms with Gasteiger partial charge in [-0.3, -0.25) is 4.57 Å². The minimum Gasteiger partial charge on any atom is -0.398 e. The van der Waals surface area contributed by atoms with Crippen LogP contribution in [0.1, 0.15) is 32.1 Å². The Balaban J connectivity index is 2.17. The Morgan fingerprint density at radius 3 is 2.14 bits per heavy atom. The molecule has 0 bridgehead atoms. The van der Waals surface area contributed by atoms with E-state index in [-0.39, 0.29) is 0 Å². The van der Waals surface area contributed by atoms with E-state index in [1.165, 1.54) is 32.1 Å². The van der Waals surface area contributed by atoms with E-state index in [9.17, 15) is 0 Å². The maximum atomic E-state index is 5.73. The van der Waals surface area contributed by atoms with E-state index in [1.54, 1.807) is 28.4 Å². The summed E-state index contributed by atoms with van der Waals surface area (Å²) >= 11 is 0. The molecule has 1 heterocycles. The SMILES string of the molecule is CO[Si](C)(CCCCCCN1CCC[Si]1(OC)OC)OC. The fourth-order valence-electron chi connectivity index (χ4n) is 3.04. The molecule has 7 heteroatoms. The van der Waals surface area contributed by atoms with Gasteiger partial charge in [-0.05, 0) is 38.5 Å². The Morgan fingerprint density at radius 1 is 0.952 bits per heavy atom. The zero-order valence-corrected chi connectivity index (χ0v) is 16.4. The first-order chi connectivity index (χ1) is 10.1. The second-order valence-corrected chi connectivity index (χ2v) is 12.9. The topological polar surface area (TPSA) is 40.2 Å². The van der Waals surface area contributed by atoms with Crippen molar-refractivity contribution < 1.29 is 17.7 Å². The van der Waals surface area contributed by atoms with Crippen LogP contribution in [0.5, 0.6) is 0 Å². The van der Waals surface area contributed by atoms with Gasteiger partial charge in [0.05, 0.1) is 0 Å². The normalized spacial score (nSPS) is 19.3. The van der Waals surface area contributed by atoms with Crippen LogP contribution in [0.2, 0.25) is 18.6 Å². The maximum Gasteiger partial charge on any atom is 0.427 e. The minimum atomic E-state index is -2.02. The number of nitrogens with zero attached hydrogens (tertiary/aromatic N) is 1. The van der Waals surface area contributed by atoms with Crippen LogP contribution in [-0.4, -0.2) is 63.4 Å². The lowest BCUT2D eigenvalue weighted by Gasteiger charge is -2.31. The molecular formula is C14H33NO4Si2. The van der Waals surface area contributed by atoms with Crippen LogP contribution >= 0.6 is 0 Å². The van der Waals surface area contributed by atoms with E-state index in [0.717, 1.165) is 25.2 Å². The summed E-state index contributed by atoms with van der Waals surface area (Å²) in [5, 5.41) is 0. The van der Waals surface area contributed by atoms with E-state index in [0.29, 0.717) is 0 Å². The van der Waals surface area contributed by atoms with Crippen molar-refractivity contribution in [2.75, 3.05) is 41.5 Å². The van der Waals surface area contributed by atoms with Gasteiger partial charge < -0.3 is 17.7 Å². The van der Waals surface area contributed by atoms with Crippen LogP contribution in [0, 0.1) is 0 Å². The van der Waals surface area contributed by atoms with Crippen molar-refractivity contribution in [3.8, 4) is 0 Å². The van der Waals surface area contributed by atoms with Crippen molar-refractivity contribution in [3.63, 3.8) is 0 Å². The number of hydrogen-bond donors (Lipinski definition) is 0. The fraction of sp³-hybridized carbons (Fsp3) is 1.00. The van der Waals surface area contributed by atoms with Gasteiger partial charge in [-0.15, -0.1) is 0 Å². The quantitative estimate of drug-likeness (QED) is 0.429. The molecule has 0 saturated carbocycles. The van der Waals surface area contributed by atoms with E-state index in [2.05, 4.69) is 11.1 Å². The van der Waals surface area contributed by atoms with Crippen molar-refractivity contribution in [2.24, 2.45) is 0 Å². The van der Waals surface area contributed by atoms with Gasteiger partial charge in [-0.25, -0.2) is 0 Å². The molecule has 0 aromatic rings. The van der Waals surface area contributed by atoms with Gasteiger partial charge in [0.2, 0.25) is 0 Å². The molecule has 0 radical (unpaired) electrons. The van der Waals surface area contributed by atoms with E-state index < -0.39 is 17.3 Å². The third-order valence-electron chi connectivity index (χ3n) is 4.71. The molecule has 0 unspecified atom stereocenters. The predicted molar refractivity (Wildman–Crippen MR) is 89.7 cm³/mol. The zero-order valence-electron chi connectivity index (χ0n) is 14.4. The van der Waals surface area contributed by atoms with Gasteiger partial charge in [-0.2, -0.15) is 0 Å². The molecule has 0 amide bonds. The first kappa shape index (κ1) is 19.3. The van der Waals surface area contributed by atoms with Gasteiger partial charge in [0.25, 0.3) is 0 Å². The van der Waals surface area contributed by atoms with E-state index >= 15 is 0 Å².